The maximum Gasteiger partial charge on any atom is 0.308 e. The summed E-state index contributed by atoms with van der Waals surface area (Å²) in [5, 5.41) is 16.4. The van der Waals surface area contributed by atoms with E-state index in [0.29, 0.717) is 11.3 Å². The summed E-state index contributed by atoms with van der Waals surface area (Å²) in [6, 6.07) is 12.8. The number of hydrogen-bond acceptors (Lipinski definition) is 4. The summed E-state index contributed by atoms with van der Waals surface area (Å²) in [6.45, 7) is 0.265. The molecule has 0 radical (unpaired) electrons. The van der Waals surface area contributed by atoms with Crippen LogP contribution in [-0.4, -0.2) is 36.0 Å². The highest BCUT2D eigenvalue weighted by atomic mass is 32.1. The maximum absolute atomic E-state index is 11.8. The molecule has 1 heterocycles. The summed E-state index contributed by atoms with van der Waals surface area (Å²) in [5.74, 6) is -2.14. The van der Waals surface area contributed by atoms with Crippen LogP contribution in [0.15, 0.2) is 47.8 Å². The average molecular weight is 360 g/mol. The highest BCUT2D eigenvalue weighted by Gasteiger charge is 2.19. The van der Waals surface area contributed by atoms with Crippen molar-refractivity contribution < 1.29 is 19.5 Å². The number of carbonyl (C=O) groups excluding carboxylic acids is 2. The molecule has 1 atom stereocenters. The summed E-state index contributed by atoms with van der Waals surface area (Å²) in [7, 11) is 0. The normalized spacial score (nSPS) is 11.5. The first kappa shape index (κ1) is 18.7. The Morgan fingerprint density at radius 2 is 1.80 bits per heavy atom. The number of rotatable bonds is 9. The quantitative estimate of drug-likeness (QED) is 0.637. The highest BCUT2D eigenvalue weighted by molar-refractivity contribution is 7.12. The molecule has 2 amide bonds. The molecule has 6 nitrogen and oxygen atoms in total. The Kier molecular flexibility index (Phi) is 7.16. The lowest BCUT2D eigenvalue weighted by Crippen LogP contribution is -2.36. The Bertz CT molecular complexity index is 701. The van der Waals surface area contributed by atoms with Crippen LogP contribution in [0.5, 0.6) is 0 Å². The average Bonchev–Trinajstić information content (AvgIpc) is 3.14. The Morgan fingerprint density at radius 3 is 2.44 bits per heavy atom. The fourth-order valence-electron chi connectivity index (χ4n) is 2.26. The van der Waals surface area contributed by atoms with E-state index in [-0.39, 0.29) is 31.3 Å². The van der Waals surface area contributed by atoms with Gasteiger partial charge >= 0.3 is 5.97 Å². The summed E-state index contributed by atoms with van der Waals surface area (Å²) in [5.41, 5.74) is 0.910. The van der Waals surface area contributed by atoms with Crippen LogP contribution >= 0.6 is 11.3 Å². The van der Waals surface area contributed by atoms with Crippen LogP contribution in [0.3, 0.4) is 0 Å². The second-order valence-corrected chi connectivity index (χ2v) is 6.46. The van der Waals surface area contributed by atoms with Crippen LogP contribution in [-0.2, 0) is 16.0 Å². The van der Waals surface area contributed by atoms with E-state index in [4.69, 9.17) is 0 Å². The van der Waals surface area contributed by atoms with Crippen molar-refractivity contribution in [3.05, 3.63) is 58.3 Å². The largest absolute Gasteiger partial charge is 0.481 e. The predicted molar refractivity (Wildman–Crippen MR) is 95.6 cm³/mol. The van der Waals surface area contributed by atoms with Crippen molar-refractivity contribution in [2.75, 3.05) is 13.1 Å². The number of carboxylic acid groups (broad SMARTS) is 1. The first-order chi connectivity index (χ1) is 12.1. The molecule has 25 heavy (non-hydrogen) atoms. The van der Waals surface area contributed by atoms with Crippen LogP contribution in [0.25, 0.3) is 0 Å². The van der Waals surface area contributed by atoms with E-state index < -0.39 is 11.9 Å². The number of amides is 2. The molecular weight excluding hydrogens is 340 g/mol. The molecule has 0 spiro atoms. The van der Waals surface area contributed by atoms with Crippen molar-refractivity contribution in [1.29, 1.82) is 0 Å². The number of nitrogens with one attached hydrogen (secondary N) is 2. The highest BCUT2D eigenvalue weighted by Crippen LogP contribution is 2.09. The van der Waals surface area contributed by atoms with Gasteiger partial charge < -0.3 is 15.7 Å². The van der Waals surface area contributed by atoms with Gasteiger partial charge in [0, 0.05) is 19.5 Å². The number of carboxylic acids is 1. The fourth-order valence-corrected chi connectivity index (χ4v) is 2.90. The minimum atomic E-state index is -0.949. The Balaban J connectivity index is 1.71. The van der Waals surface area contributed by atoms with Gasteiger partial charge in [-0.2, -0.15) is 0 Å². The van der Waals surface area contributed by atoms with Crippen molar-refractivity contribution in [3.8, 4) is 0 Å². The summed E-state index contributed by atoms with van der Waals surface area (Å²) >= 11 is 1.33. The molecule has 2 aromatic rings. The van der Waals surface area contributed by atoms with Crippen molar-refractivity contribution in [2.45, 2.75) is 12.8 Å². The van der Waals surface area contributed by atoms with Crippen LogP contribution in [0.2, 0.25) is 0 Å². The number of benzene rings is 1. The number of carbonyl (C=O) groups is 3. The van der Waals surface area contributed by atoms with Crippen molar-refractivity contribution in [3.63, 3.8) is 0 Å². The molecule has 132 valence electrons. The van der Waals surface area contributed by atoms with Gasteiger partial charge in [-0.15, -0.1) is 11.3 Å². The molecule has 0 aliphatic rings. The summed E-state index contributed by atoms with van der Waals surface area (Å²) in [6.07, 6.45) is 0.459. The molecule has 0 aliphatic heterocycles. The minimum Gasteiger partial charge on any atom is -0.481 e. The Morgan fingerprint density at radius 1 is 1.04 bits per heavy atom. The zero-order valence-electron chi connectivity index (χ0n) is 13.6. The van der Waals surface area contributed by atoms with Gasteiger partial charge in [0.25, 0.3) is 5.91 Å². The van der Waals surface area contributed by atoms with Gasteiger partial charge in [0.1, 0.15) is 0 Å². The smallest absolute Gasteiger partial charge is 0.308 e. The van der Waals surface area contributed by atoms with Crippen LogP contribution in [0, 0.1) is 5.92 Å². The SMILES string of the molecule is O=C(CCNC(=O)c1cccs1)NCC(Cc1ccccc1)C(=O)O. The second kappa shape index (κ2) is 9.58. The Labute approximate surface area is 149 Å². The molecule has 3 N–H and O–H groups in total. The van der Waals surface area contributed by atoms with E-state index in [1.165, 1.54) is 11.3 Å². The van der Waals surface area contributed by atoms with Gasteiger partial charge in [-0.25, -0.2) is 0 Å². The monoisotopic (exact) mass is 360 g/mol. The van der Waals surface area contributed by atoms with Crippen LogP contribution < -0.4 is 10.6 Å². The Hall–Kier alpha value is -2.67. The second-order valence-electron chi connectivity index (χ2n) is 5.51. The fraction of sp³-hybridized carbons (Fsp3) is 0.278. The molecule has 0 saturated heterocycles. The molecule has 1 aromatic carbocycles. The van der Waals surface area contributed by atoms with Gasteiger partial charge in [0.05, 0.1) is 10.8 Å². The van der Waals surface area contributed by atoms with E-state index in [0.717, 1.165) is 5.56 Å². The zero-order chi connectivity index (χ0) is 18.1. The number of aliphatic carboxylic acids is 1. The summed E-state index contributed by atoms with van der Waals surface area (Å²) < 4.78 is 0. The molecule has 7 heteroatoms. The van der Waals surface area contributed by atoms with Crippen molar-refractivity contribution in [2.24, 2.45) is 5.92 Å². The predicted octanol–water partition coefficient (Wildman–Crippen LogP) is 1.93. The third-order valence-corrected chi connectivity index (χ3v) is 4.47. The van der Waals surface area contributed by atoms with Gasteiger partial charge in [-0.1, -0.05) is 36.4 Å². The molecular formula is C18H20N2O4S. The molecule has 2 rings (SSSR count). The lowest BCUT2D eigenvalue weighted by atomic mass is 9.99. The number of thiophene rings is 1. The van der Waals surface area contributed by atoms with E-state index >= 15 is 0 Å². The molecule has 0 saturated carbocycles. The van der Waals surface area contributed by atoms with Crippen molar-refractivity contribution >= 4 is 29.1 Å². The van der Waals surface area contributed by atoms with Gasteiger partial charge in [0.15, 0.2) is 0 Å². The van der Waals surface area contributed by atoms with E-state index in [1.54, 1.807) is 17.5 Å². The van der Waals surface area contributed by atoms with Gasteiger partial charge in [-0.05, 0) is 23.4 Å². The van der Waals surface area contributed by atoms with E-state index in [1.807, 2.05) is 30.3 Å². The minimum absolute atomic E-state index is 0.0575. The first-order valence-electron chi connectivity index (χ1n) is 7.91. The lowest BCUT2D eigenvalue weighted by Gasteiger charge is -2.13. The molecule has 1 unspecified atom stereocenters. The maximum atomic E-state index is 11.8. The topological polar surface area (TPSA) is 95.5 Å². The van der Waals surface area contributed by atoms with E-state index in [9.17, 15) is 19.5 Å². The van der Waals surface area contributed by atoms with E-state index in [2.05, 4.69) is 10.6 Å². The lowest BCUT2D eigenvalue weighted by molar-refractivity contribution is -0.141. The number of hydrogen-bond donors (Lipinski definition) is 3. The van der Waals surface area contributed by atoms with Gasteiger partial charge in [0.2, 0.25) is 5.91 Å². The van der Waals surface area contributed by atoms with Crippen molar-refractivity contribution in [1.82, 2.24) is 10.6 Å². The summed E-state index contributed by atoms with van der Waals surface area (Å²) in [4.78, 5) is 35.5. The zero-order valence-corrected chi connectivity index (χ0v) is 14.4. The third kappa shape index (κ3) is 6.39. The van der Waals surface area contributed by atoms with Gasteiger partial charge in [-0.3, -0.25) is 14.4 Å². The third-order valence-electron chi connectivity index (χ3n) is 3.60. The molecule has 1 aromatic heterocycles. The molecule has 0 fully saturated rings. The first-order valence-corrected chi connectivity index (χ1v) is 8.79. The molecule has 0 bridgehead atoms. The van der Waals surface area contributed by atoms with Crippen LogP contribution in [0.4, 0.5) is 0 Å². The standard InChI is InChI=1S/C18H20N2O4S/c21-16(8-9-19-17(22)15-7-4-10-25-15)20-12-14(18(23)24)11-13-5-2-1-3-6-13/h1-7,10,14H,8-9,11-12H2,(H,19,22)(H,20,21)(H,23,24). The molecule has 0 aliphatic carbocycles. The van der Waals surface area contributed by atoms with Crippen LogP contribution in [0.1, 0.15) is 21.7 Å².